The van der Waals surface area contributed by atoms with Crippen molar-refractivity contribution in [3.63, 3.8) is 0 Å². The van der Waals surface area contributed by atoms with Crippen LogP contribution in [0.3, 0.4) is 0 Å². The molecule has 1 unspecified atom stereocenters. The number of esters is 2. The summed E-state index contributed by atoms with van der Waals surface area (Å²) in [7, 11) is 2.90. The Hall–Kier alpha value is -6.68. The second-order valence-electron chi connectivity index (χ2n) is 14.6. The fourth-order valence-electron chi connectivity index (χ4n) is 6.56. The van der Waals surface area contributed by atoms with Crippen LogP contribution >= 0.6 is 15.9 Å². The first kappa shape index (κ1) is 51.7. The van der Waals surface area contributed by atoms with E-state index in [4.69, 9.17) is 28.7 Å². The summed E-state index contributed by atoms with van der Waals surface area (Å²) in [6, 6.07) is 8.60. The number of fused-ring (bicyclic) bond motifs is 1. The van der Waals surface area contributed by atoms with Gasteiger partial charge >= 0.3 is 17.9 Å². The summed E-state index contributed by atoms with van der Waals surface area (Å²) in [5.74, 6) is -3.22. The third kappa shape index (κ3) is 11.9. The predicted octanol–water partition coefficient (Wildman–Crippen LogP) is 11.2. The molecular formula is C48H51BrF2O13. The van der Waals surface area contributed by atoms with Crippen LogP contribution in [0.25, 0.3) is 10.8 Å². The Morgan fingerprint density at radius 3 is 1.81 bits per heavy atom. The van der Waals surface area contributed by atoms with Gasteiger partial charge in [0.2, 0.25) is 12.2 Å². The van der Waals surface area contributed by atoms with Crippen molar-refractivity contribution in [1.29, 1.82) is 0 Å². The number of methoxy groups -OCH3 is 2. The minimum Gasteiger partial charge on any atom is -0.511 e. The van der Waals surface area contributed by atoms with Crippen LogP contribution in [0.15, 0.2) is 82.5 Å². The van der Waals surface area contributed by atoms with Gasteiger partial charge in [-0.3, -0.25) is 19.4 Å². The van der Waals surface area contributed by atoms with Crippen LogP contribution in [0.4, 0.5) is 8.78 Å². The summed E-state index contributed by atoms with van der Waals surface area (Å²) in [5, 5.41) is 32.4. The molecule has 0 saturated heterocycles. The third-order valence-corrected chi connectivity index (χ3v) is 10.8. The minimum absolute atomic E-state index is 0.000708. The van der Waals surface area contributed by atoms with Crippen LogP contribution in [-0.4, -0.2) is 59.7 Å². The first-order valence-electron chi connectivity index (χ1n) is 19.4. The van der Waals surface area contributed by atoms with Crippen molar-refractivity contribution in [2.24, 2.45) is 5.92 Å². The highest BCUT2D eigenvalue weighted by molar-refractivity contribution is 9.10. The van der Waals surface area contributed by atoms with Gasteiger partial charge in [-0.1, -0.05) is 30.8 Å². The van der Waals surface area contributed by atoms with Gasteiger partial charge in [0.1, 0.15) is 21.7 Å². The number of halogens is 3. The van der Waals surface area contributed by atoms with Gasteiger partial charge in [0, 0.05) is 28.0 Å². The first-order valence-corrected chi connectivity index (χ1v) is 20.2. The Bertz CT molecular complexity index is 2550. The molecule has 5 rings (SSSR count). The SMILES string of the molecule is C=C1C=C(O)C(C(=O)Oc2c(C)c(C)c(OOc3cc(C)c(C(=O)Oc4c(C)c(C)c(C(=O)O)c(C)c4C)c4ccccc34)c(O)c2Br)C(OC)=C1.CC(F)F.CO/C(C)=C/C(C)=O. The average molecular weight is 954 g/mol. The maximum atomic E-state index is 13.8. The van der Waals surface area contributed by atoms with Gasteiger partial charge in [-0.2, -0.15) is 0 Å². The quantitative estimate of drug-likeness (QED) is 0.0322. The Balaban J connectivity index is 0.000000799. The smallest absolute Gasteiger partial charge is 0.344 e. The van der Waals surface area contributed by atoms with Crippen LogP contribution in [0, 0.1) is 54.4 Å². The summed E-state index contributed by atoms with van der Waals surface area (Å²) in [4.78, 5) is 60.7. The number of carbonyl (C=O) groups is 4. The topological polar surface area (TPSA) is 184 Å². The molecule has 0 bridgehead atoms. The number of aromatic carboxylic acids is 1. The molecule has 1 atom stereocenters. The van der Waals surface area contributed by atoms with Crippen LogP contribution in [-0.2, 0) is 19.1 Å². The number of carboxylic acids is 1. The number of ketones is 1. The van der Waals surface area contributed by atoms with E-state index in [-0.39, 0.29) is 50.1 Å². The van der Waals surface area contributed by atoms with Gasteiger partial charge in [-0.25, -0.2) is 18.4 Å². The molecule has 4 aromatic rings. The number of aliphatic hydroxyl groups excluding tert-OH is 1. The highest BCUT2D eigenvalue weighted by atomic mass is 79.9. The molecule has 342 valence electrons. The number of hydrogen-bond acceptors (Lipinski definition) is 12. The zero-order valence-electron chi connectivity index (χ0n) is 37.5. The van der Waals surface area contributed by atoms with E-state index in [1.165, 1.54) is 39.4 Å². The average Bonchev–Trinajstić information content (AvgIpc) is 3.21. The standard InChI is InChI=1S/C40H37BrO11.C6H10O2.C2H4F2/c1-17-14-27(42)32(29(15-17)48-9)40(47)50-36-23(7)24(8)37(34(43)33(36)41)52-51-28-16-18(2)30(26-13-11-10-12-25(26)28)39(46)49-35-21(5)19(3)31(38(44)45)20(4)22(35)6;1-5(7)4-6(2)8-3;1-2(3)4/h10-16,32,42-43H,1H2,2-9H3,(H,44,45);4H,1-3H3;2H,1H3/b;6-4+;. The van der Waals surface area contributed by atoms with Gasteiger partial charge in [0.15, 0.2) is 28.9 Å². The molecule has 1 aliphatic rings. The molecule has 4 aromatic carbocycles. The number of allylic oxidation sites excluding steroid dienone is 5. The van der Waals surface area contributed by atoms with Crippen molar-refractivity contribution in [2.45, 2.75) is 75.7 Å². The van der Waals surface area contributed by atoms with E-state index in [0.717, 1.165) is 6.92 Å². The van der Waals surface area contributed by atoms with Gasteiger partial charge in [0.05, 0.1) is 31.1 Å². The molecule has 0 fully saturated rings. The van der Waals surface area contributed by atoms with Crippen LogP contribution in [0.2, 0.25) is 0 Å². The summed E-state index contributed by atoms with van der Waals surface area (Å²) < 4.78 is 42.3. The molecule has 16 heteroatoms. The molecule has 64 heavy (non-hydrogen) atoms. The third-order valence-electron chi connectivity index (χ3n) is 10.1. The first-order chi connectivity index (χ1) is 29.9. The zero-order valence-corrected chi connectivity index (χ0v) is 39.1. The number of ether oxygens (including phenoxy) is 4. The largest absolute Gasteiger partial charge is 0.511 e. The molecule has 1 aliphatic carbocycles. The lowest BCUT2D eigenvalue weighted by atomic mass is 9.93. The van der Waals surface area contributed by atoms with Crippen LogP contribution < -0.4 is 19.2 Å². The summed E-state index contributed by atoms with van der Waals surface area (Å²) in [6.07, 6.45) is 2.12. The van der Waals surface area contributed by atoms with E-state index >= 15 is 0 Å². The lowest BCUT2D eigenvalue weighted by Gasteiger charge is -2.23. The number of aliphatic hydroxyl groups is 1. The van der Waals surface area contributed by atoms with Crippen molar-refractivity contribution in [3.8, 4) is 28.7 Å². The Morgan fingerprint density at radius 2 is 1.31 bits per heavy atom. The van der Waals surface area contributed by atoms with Crippen molar-refractivity contribution in [2.75, 3.05) is 14.2 Å². The number of aryl methyl sites for hydroxylation is 1. The molecule has 0 aromatic heterocycles. The fourth-order valence-corrected chi connectivity index (χ4v) is 7.11. The maximum Gasteiger partial charge on any atom is 0.344 e. The van der Waals surface area contributed by atoms with E-state index in [9.17, 15) is 43.3 Å². The van der Waals surface area contributed by atoms with E-state index in [2.05, 4.69) is 22.5 Å². The summed E-state index contributed by atoms with van der Waals surface area (Å²) >= 11 is 3.31. The van der Waals surface area contributed by atoms with E-state index in [0.29, 0.717) is 66.8 Å². The summed E-state index contributed by atoms with van der Waals surface area (Å²) in [5.41, 5.74) is 4.34. The molecule has 0 spiro atoms. The number of rotatable bonds is 11. The van der Waals surface area contributed by atoms with E-state index < -0.39 is 36.0 Å². The summed E-state index contributed by atoms with van der Waals surface area (Å²) in [6.45, 7) is 19.6. The van der Waals surface area contributed by atoms with Gasteiger partial charge in [0.25, 0.3) is 0 Å². The number of aromatic hydroxyl groups is 1. The second kappa shape index (κ2) is 22.1. The van der Waals surface area contributed by atoms with Crippen LogP contribution in [0.1, 0.15) is 80.4 Å². The molecule has 13 nitrogen and oxygen atoms in total. The number of hydrogen-bond donors (Lipinski definition) is 3. The molecule has 0 saturated carbocycles. The molecule has 0 heterocycles. The fraction of sp³-hybridized carbons (Fsp3) is 0.292. The van der Waals surface area contributed by atoms with Crippen molar-refractivity contribution in [3.05, 3.63) is 133 Å². The highest BCUT2D eigenvalue weighted by Gasteiger charge is 2.35. The lowest BCUT2D eigenvalue weighted by molar-refractivity contribution is -0.138. The van der Waals surface area contributed by atoms with E-state index in [1.807, 2.05) is 0 Å². The zero-order chi connectivity index (χ0) is 48.5. The van der Waals surface area contributed by atoms with Crippen molar-refractivity contribution >= 4 is 50.4 Å². The number of phenols is 1. The number of phenolic OH excluding ortho intramolecular Hbond substituents is 1. The number of alkyl halides is 2. The number of carboxylic acid groups (broad SMARTS) is 1. The monoisotopic (exact) mass is 952 g/mol. The van der Waals surface area contributed by atoms with E-state index in [1.54, 1.807) is 85.7 Å². The highest BCUT2D eigenvalue weighted by Crippen LogP contribution is 2.47. The van der Waals surface area contributed by atoms with Gasteiger partial charge < -0.3 is 34.3 Å². The maximum absolute atomic E-state index is 13.8. The lowest BCUT2D eigenvalue weighted by Crippen LogP contribution is -2.27. The Morgan fingerprint density at radius 1 is 0.781 bits per heavy atom. The molecular weight excluding hydrogens is 902 g/mol. The Kier molecular flexibility index (Phi) is 17.8. The molecule has 0 aliphatic heterocycles. The predicted molar refractivity (Wildman–Crippen MR) is 240 cm³/mol. The van der Waals surface area contributed by atoms with Gasteiger partial charge in [-0.05, 0) is 137 Å². The molecule has 0 radical (unpaired) electrons. The normalized spacial score (nSPS) is 13.3. The van der Waals surface area contributed by atoms with Crippen molar-refractivity contribution in [1.82, 2.24) is 0 Å². The number of carbonyl (C=O) groups excluding carboxylic acids is 3. The second-order valence-corrected chi connectivity index (χ2v) is 15.4. The molecule has 3 N–H and O–H groups in total. The van der Waals surface area contributed by atoms with Gasteiger partial charge in [-0.15, -0.1) is 0 Å². The molecule has 0 amide bonds. The van der Waals surface area contributed by atoms with Crippen molar-refractivity contribution < 1.29 is 72.0 Å². The van der Waals surface area contributed by atoms with Crippen LogP contribution in [0.5, 0.6) is 28.7 Å². The minimum atomic E-state index is -2.17. The Labute approximate surface area is 378 Å². The number of benzene rings is 4.